The molecule has 9 nitrogen and oxygen atoms in total. The highest BCUT2D eigenvalue weighted by Crippen LogP contribution is 2.61. The molecular formula is C35H35ClN4O5. The van der Waals surface area contributed by atoms with Crippen LogP contribution < -0.4 is 15.0 Å². The van der Waals surface area contributed by atoms with Gasteiger partial charge in [0, 0.05) is 46.6 Å². The second kappa shape index (κ2) is 12.8. The number of amides is 2. The molecule has 0 bridgehead atoms. The van der Waals surface area contributed by atoms with Gasteiger partial charge in [0.2, 0.25) is 5.91 Å². The van der Waals surface area contributed by atoms with Crippen LogP contribution in [0.1, 0.15) is 52.7 Å². The van der Waals surface area contributed by atoms with E-state index >= 15 is 0 Å². The predicted octanol–water partition coefficient (Wildman–Crippen LogP) is 5.93. The van der Waals surface area contributed by atoms with E-state index < -0.39 is 18.4 Å². The van der Waals surface area contributed by atoms with Gasteiger partial charge >= 0.3 is 5.97 Å². The number of halogens is 1. The molecule has 0 radical (unpaired) electrons. The van der Waals surface area contributed by atoms with E-state index in [1.807, 2.05) is 59.2 Å². The van der Waals surface area contributed by atoms with Gasteiger partial charge in [-0.15, -0.1) is 0 Å². The number of carbonyl (C=O) groups excluding carboxylic acids is 2. The van der Waals surface area contributed by atoms with Crippen molar-refractivity contribution in [3.8, 4) is 16.9 Å². The molecule has 1 fully saturated rings. The van der Waals surface area contributed by atoms with Crippen LogP contribution in [-0.4, -0.2) is 52.4 Å². The third-order valence-corrected chi connectivity index (χ3v) is 9.26. The topological polar surface area (TPSA) is 114 Å². The number of hydrogen-bond donors (Lipinski definition) is 2. The van der Waals surface area contributed by atoms with E-state index in [1.54, 1.807) is 18.2 Å². The Balaban J connectivity index is 1.16. The second-order valence-electron chi connectivity index (χ2n) is 11.8. The molecule has 0 spiro atoms. The molecule has 1 aromatic heterocycles. The largest absolute Gasteiger partial charge is 0.493 e. The number of nitrogens with zero attached hydrogens (tertiary/aromatic N) is 3. The average Bonchev–Trinajstić information content (AvgIpc) is 3.45. The molecule has 2 amide bonds. The summed E-state index contributed by atoms with van der Waals surface area (Å²) in [5.74, 6) is 0.624. The van der Waals surface area contributed by atoms with Crippen molar-refractivity contribution >= 4 is 35.1 Å². The lowest BCUT2D eigenvalue weighted by atomic mass is 9.92. The van der Waals surface area contributed by atoms with E-state index in [2.05, 4.69) is 29.5 Å². The molecule has 6 rings (SSSR count). The molecule has 1 aliphatic carbocycles. The standard InChI is InChI=1S/C35H35ClN4O5/c1-21-27-20-40(31(41)13-6-14-45-30-12-5-10-28(36)22(30)2)29-11-4-9-26(34(29)33(21)27)25-16-38-39(19-25)18-23-7-3-8-24(15-23)35(44)37-17-32(42)43/h3-5,7-12,15-16,19,21,27,33H,6,13-14,17-18,20H2,1-2H3,(H,37,44)(H,42,43). The molecule has 3 aromatic carbocycles. The summed E-state index contributed by atoms with van der Waals surface area (Å²) in [4.78, 5) is 38.6. The van der Waals surface area contributed by atoms with E-state index in [0.29, 0.717) is 54.3 Å². The number of rotatable bonds is 11. The summed E-state index contributed by atoms with van der Waals surface area (Å²) < 4.78 is 7.75. The van der Waals surface area contributed by atoms with E-state index in [4.69, 9.17) is 21.4 Å². The van der Waals surface area contributed by atoms with Crippen molar-refractivity contribution in [2.24, 2.45) is 11.8 Å². The summed E-state index contributed by atoms with van der Waals surface area (Å²) in [5.41, 5.74) is 6.39. The molecule has 3 atom stereocenters. The first kappa shape index (κ1) is 30.4. The molecule has 0 saturated heterocycles. The minimum absolute atomic E-state index is 0.0975. The molecule has 45 heavy (non-hydrogen) atoms. The maximum Gasteiger partial charge on any atom is 0.322 e. The summed E-state index contributed by atoms with van der Waals surface area (Å²) in [7, 11) is 0. The van der Waals surface area contributed by atoms with E-state index in [-0.39, 0.29) is 5.91 Å². The number of carbonyl (C=O) groups is 3. The highest BCUT2D eigenvalue weighted by Gasteiger charge is 2.54. The number of ether oxygens (including phenoxy) is 1. The Morgan fingerprint density at radius 3 is 2.73 bits per heavy atom. The van der Waals surface area contributed by atoms with Gasteiger partial charge in [-0.2, -0.15) is 5.10 Å². The van der Waals surface area contributed by atoms with Crippen molar-refractivity contribution in [1.29, 1.82) is 0 Å². The minimum atomic E-state index is -1.10. The summed E-state index contributed by atoms with van der Waals surface area (Å²) in [6.07, 6.45) is 4.83. The highest BCUT2D eigenvalue weighted by molar-refractivity contribution is 6.31. The second-order valence-corrected chi connectivity index (χ2v) is 12.2. The summed E-state index contributed by atoms with van der Waals surface area (Å²) in [5, 5.41) is 16.5. The van der Waals surface area contributed by atoms with Crippen molar-refractivity contribution in [2.75, 3.05) is 24.6 Å². The zero-order valence-corrected chi connectivity index (χ0v) is 26.0. The number of benzene rings is 3. The highest BCUT2D eigenvalue weighted by atomic mass is 35.5. The molecule has 232 valence electrons. The molecule has 1 aliphatic heterocycles. The lowest BCUT2D eigenvalue weighted by Crippen LogP contribution is -2.36. The summed E-state index contributed by atoms with van der Waals surface area (Å²) >= 11 is 6.21. The monoisotopic (exact) mass is 626 g/mol. The average molecular weight is 627 g/mol. The number of hydrogen-bond acceptors (Lipinski definition) is 5. The normalized spacial score (nSPS) is 18.1. The first-order valence-corrected chi connectivity index (χ1v) is 15.5. The van der Waals surface area contributed by atoms with Gasteiger partial charge in [-0.1, -0.05) is 48.9 Å². The Bertz CT molecular complexity index is 1770. The maximum absolute atomic E-state index is 13.5. The number of nitrogens with one attached hydrogen (secondary N) is 1. The van der Waals surface area contributed by atoms with Crippen LogP contribution in [0.15, 0.2) is 73.1 Å². The van der Waals surface area contributed by atoms with Crippen LogP contribution in [0.5, 0.6) is 5.75 Å². The Hall–Kier alpha value is -4.63. The van der Waals surface area contributed by atoms with Crippen molar-refractivity contribution in [2.45, 2.75) is 39.2 Å². The molecule has 2 heterocycles. The van der Waals surface area contributed by atoms with Gasteiger partial charge in [-0.05, 0) is 78.1 Å². The molecule has 2 aliphatic rings. The molecule has 10 heteroatoms. The van der Waals surface area contributed by atoms with Crippen LogP contribution in [0, 0.1) is 18.8 Å². The van der Waals surface area contributed by atoms with Gasteiger partial charge in [0.1, 0.15) is 12.3 Å². The first-order chi connectivity index (χ1) is 21.7. The van der Waals surface area contributed by atoms with Crippen LogP contribution >= 0.6 is 11.6 Å². The number of carboxylic acid groups (broad SMARTS) is 1. The van der Waals surface area contributed by atoms with Crippen molar-refractivity contribution in [3.63, 3.8) is 0 Å². The number of carboxylic acids is 1. The van der Waals surface area contributed by atoms with Gasteiger partial charge in [0.25, 0.3) is 5.91 Å². The zero-order chi connectivity index (χ0) is 31.7. The Labute approximate surface area is 266 Å². The van der Waals surface area contributed by atoms with Gasteiger partial charge in [0.15, 0.2) is 0 Å². The van der Waals surface area contributed by atoms with Crippen LogP contribution in [-0.2, 0) is 16.1 Å². The van der Waals surface area contributed by atoms with Crippen molar-refractivity contribution in [3.05, 3.63) is 100 Å². The van der Waals surface area contributed by atoms with Gasteiger partial charge in [0.05, 0.1) is 19.3 Å². The maximum atomic E-state index is 13.5. The molecule has 1 saturated carbocycles. The number of fused-ring (bicyclic) bond motifs is 3. The van der Waals surface area contributed by atoms with E-state index in [0.717, 1.165) is 40.2 Å². The lowest BCUT2D eigenvalue weighted by Gasteiger charge is -2.30. The predicted molar refractivity (Wildman–Crippen MR) is 172 cm³/mol. The minimum Gasteiger partial charge on any atom is -0.493 e. The van der Waals surface area contributed by atoms with Crippen LogP contribution in [0.3, 0.4) is 0 Å². The van der Waals surface area contributed by atoms with E-state index in [9.17, 15) is 14.4 Å². The summed E-state index contributed by atoms with van der Waals surface area (Å²) in [6, 6.07) is 18.8. The Morgan fingerprint density at radius 2 is 1.91 bits per heavy atom. The third-order valence-electron chi connectivity index (χ3n) is 8.85. The number of aliphatic carboxylic acids is 1. The van der Waals surface area contributed by atoms with Crippen molar-refractivity contribution < 1.29 is 24.2 Å². The molecular weight excluding hydrogens is 592 g/mol. The fourth-order valence-electron chi connectivity index (χ4n) is 6.37. The SMILES string of the molecule is Cc1c(Cl)cccc1OCCCC(=O)N1CC2C(C)C2c2c(-c3cnn(Cc4cccc(C(=O)NCC(=O)O)c4)c3)cccc21. The van der Waals surface area contributed by atoms with Crippen LogP contribution in [0.2, 0.25) is 5.02 Å². The van der Waals surface area contributed by atoms with Crippen LogP contribution in [0.25, 0.3) is 11.1 Å². The quantitative estimate of drug-likeness (QED) is 0.200. The smallest absolute Gasteiger partial charge is 0.322 e. The first-order valence-electron chi connectivity index (χ1n) is 15.1. The molecule has 4 aromatic rings. The van der Waals surface area contributed by atoms with Crippen LogP contribution in [0.4, 0.5) is 5.69 Å². The zero-order valence-electron chi connectivity index (χ0n) is 25.2. The number of aromatic nitrogens is 2. The molecule has 3 unspecified atom stereocenters. The lowest BCUT2D eigenvalue weighted by molar-refractivity contribution is -0.135. The fraction of sp³-hybridized carbons (Fsp3) is 0.314. The number of anilines is 1. The Morgan fingerprint density at radius 1 is 1.11 bits per heavy atom. The molecule has 2 N–H and O–H groups in total. The van der Waals surface area contributed by atoms with Gasteiger partial charge in [-0.25, -0.2) is 0 Å². The fourth-order valence-corrected chi connectivity index (χ4v) is 6.53. The van der Waals surface area contributed by atoms with Gasteiger partial charge in [-0.3, -0.25) is 19.1 Å². The third kappa shape index (κ3) is 6.44. The van der Waals surface area contributed by atoms with E-state index in [1.165, 1.54) is 5.56 Å². The van der Waals surface area contributed by atoms with Crippen molar-refractivity contribution in [1.82, 2.24) is 15.1 Å². The van der Waals surface area contributed by atoms with Gasteiger partial charge < -0.3 is 20.1 Å². The summed E-state index contributed by atoms with van der Waals surface area (Å²) in [6.45, 7) is 5.35. The Kier molecular flexibility index (Phi) is 8.63.